The highest BCUT2D eigenvalue weighted by Crippen LogP contribution is 2.36. The maximum Gasteiger partial charge on any atom is 0.314 e. The molecule has 0 spiro atoms. The van der Waals surface area contributed by atoms with Gasteiger partial charge in [-0.3, -0.25) is 14.9 Å². The van der Waals surface area contributed by atoms with Crippen LogP contribution in [-0.4, -0.2) is 21.0 Å². The molecule has 4 N–H and O–H groups in total. The van der Waals surface area contributed by atoms with Gasteiger partial charge in [-0.05, 0) is 18.1 Å². The normalized spacial score (nSPS) is 11.5. The van der Waals surface area contributed by atoms with Crippen LogP contribution in [-0.2, 0) is 11.2 Å². The number of hydrogen-bond donors (Lipinski definition) is 3. The number of hydrogen-bond acceptors (Lipinski definition) is 6. The molecule has 0 heterocycles. The lowest BCUT2D eigenvalue weighted by atomic mass is 9.99. The summed E-state index contributed by atoms with van der Waals surface area (Å²) in [5.41, 5.74) is 4.41. The molecule has 0 fully saturated rings. The van der Waals surface area contributed by atoms with E-state index < -0.39 is 33.9 Å². The van der Waals surface area contributed by atoms with Gasteiger partial charge in [0.05, 0.1) is 11.0 Å². The van der Waals surface area contributed by atoms with Gasteiger partial charge in [0.25, 0.3) is 0 Å². The third-order valence-electron chi connectivity index (χ3n) is 2.27. The first-order valence-electron chi connectivity index (χ1n) is 4.75. The van der Waals surface area contributed by atoms with Gasteiger partial charge in [0.2, 0.25) is 11.7 Å². The van der Waals surface area contributed by atoms with E-state index in [4.69, 9.17) is 11.0 Å². The SMILES string of the molecule is N#CC(Cc1cc(O)c(O)c([N+](=O)[O-])c1)C(N)=O. The molecule has 1 atom stereocenters. The first-order valence-corrected chi connectivity index (χ1v) is 4.75. The van der Waals surface area contributed by atoms with Crippen LogP contribution in [0.15, 0.2) is 12.1 Å². The summed E-state index contributed by atoms with van der Waals surface area (Å²) in [6.07, 6.45) is -0.180. The average Bonchev–Trinajstić information content (AvgIpc) is 2.29. The van der Waals surface area contributed by atoms with E-state index in [1.807, 2.05) is 0 Å². The Morgan fingerprint density at radius 3 is 2.61 bits per heavy atom. The van der Waals surface area contributed by atoms with Gasteiger partial charge in [0.15, 0.2) is 5.75 Å². The summed E-state index contributed by atoms with van der Waals surface area (Å²) in [6, 6.07) is 3.66. The van der Waals surface area contributed by atoms with Gasteiger partial charge in [-0.1, -0.05) is 0 Å². The molecule has 1 rings (SSSR count). The van der Waals surface area contributed by atoms with Crippen LogP contribution in [0, 0.1) is 27.4 Å². The summed E-state index contributed by atoms with van der Waals surface area (Å²) >= 11 is 0. The van der Waals surface area contributed by atoms with Crippen molar-refractivity contribution in [2.75, 3.05) is 0 Å². The van der Waals surface area contributed by atoms with Gasteiger partial charge in [-0.2, -0.15) is 5.26 Å². The van der Waals surface area contributed by atoms with Gasteiger partial charge in [-0.15, -0.1) is 0 Å². The minimum Gasteiger partial charge on any atom is -0.504 e. The van der Waals surface area contributed by atoms with Crippen molar-refractivity contribution in [3.8, 4) is 17.6 Å². The number of primary amides is 1. The summed E-state index contributed by atoms with van der Waals surface area (Å²) in [6.45, 7) is 0. The Labute approximate surface area is 101 Å². The molecule has 0 aliphatic carbocycles. The molecular weight excluding hydrogens is 242 g/mol. The van der Waals surface area contributed by atoms with Crippen LogP contribution in [0.2, 0.25) is 0 Å². The van der Waals surface area contributed by atoms with E-state index in [9.17, 15) is 25.1 Å². The van der Waals surface area contributed by atoms with Crippen LogP contribution in [0.25, 0.3) is 0 Å². The molecule has 0 saturated carbocycles. The smallest absolute Gasteiger partial charge is 0.314 e. The minimum absolute atomic E-state index is 0.155. The quantitative estimate of drug-likeness (QED) is 0.394. The summed E-state index contributed by atoms with van der Waals surface area (Å²) in [5.74, 6) is -3.59. The Kier molecular flexibility index (Phi) is 3.68. The van der Waals surface area contributed by atoms with Crippen LogP contribution < -0.4 is 5.73 Å². The zero-order valence-electron chi connectivity index (χ0n) is 9.03. The number of amides is 1. The average molecular weight is 251 g/mol. The van der Waals surface area contributed by atoms with Crippen LogP contribution in [0.5, 0.6) is 11.5 Å². The van der Waals surface area contributed by atoms with Gasteiger partial charge in [-0.25, -0.2) is 0 Å². The number of carbonyl (C=O) groups excluding carboxylic acids is 1. The van der Waals surface area contributed by atoms with Crippen LogP contribution in [0.4, 0.5) is 5.69 Å². The molecule has 94 valence electrons. The highest BCUT2D eigenvalue weighted by molar-refractivity contribution is 5.79. The lowest BCUT2D eigenvalue weighted by Crippen LogP contribution is -2.23. The molecular formula is C10H9N3O5. The van der Waals surface area contributed by atoms with E-state index in [0.29, 0.717) is 0 Å². The van der Waals surface area contributed by atoms with Gasteiger partial charge in [0.1, 0.15) is 5.92 Å². The lowest BCUT2D eigenvalue weighted by molar-refractivity contribution is -0.386. The molecule has 18 heavy (non-hydrogen) atoms. The molecule has 0 radical (unpaired) electrons. The van der Waals surface area contributed by atoms with Gasteiger partial charge in [0, 0.05) is 6.07 Å². The summed E-state index contributed by atoms with van der Waals surface area (Å²) < 4.78 is 0. The lowest BCUT2D eigenvalue weighted by Gasteiger charge is -2.06. The van der Waals surface area contributed by atoms with Crippen molar-refractivity contribution < 1.29 is 19.9 Å². The molecule has 0 aliphatic rings. The van der Waals surface area contributed by atoms with Crippen molar-refractivity contribution in [2.24, 2.45) is 11.7 Å². The predicted octanol–water partition coefficient (Wildman–Crippen LogP) is 0.174. The van der Waals surface area contributed by atoms with Crippen molar-refractivity contribution in [3.63, 3.8) is 0 Å². The van der Waals surface area contributed by atoms with E-state index >= 15 is 0 Å². The molecule has 0 saturated heterocycles. The standard InChI is InChI=1S/C10H9N3O5/c11-4-6(10(12)16)1-5-2-7(13(17)18)9(15)8(14)3-5/h2-3,6,14-15H,1H2,(H2,12,16). The van der Waals surface area contributed by atoms with Crippen molar-refractivity contribution >= 4 is 11.6 Å². The van der Waals surface area contributed by atoms with Crippen molar-refractivity contribution in [1.82, 2.24) is 0 Å². The van der Waals surface area contributed by atoms with Crippen LogP contribution >= 0.6 is 0 Å². The third-order valence-corrected chi connectivity index (χ3v) is 2.27. The molecule has 1 unspecified atom stereocenters. The number of nitro benzene ring substituents is 1. The number of rotatable bonds is 4. The Hall–Kier alpha value is -2.82. The number of phenolic OH excluding ortho intramolecular Hbond substituents is 2. The van der Waals surface area contributed by atoms with Gasteiger partial charge >= 0.3 is 5.69 Å². The van der Waals surface area contributed by atoms with Crippen molar-refractivity contribution in [2.45, 2.75) is 6.42 Å². The highest BCUT2D eigenvalue weighted by Gasteiger charge is 2.22. The second-order valence-electron chi connectivity index (χ2n) is 3.53. The fourth-order valence-corrected chi connectivity index (χ4v) is 1.36. The summed E-state index contributed by atoms with van der Waals surface area (Å²) in [5, 5.41) is 37.8. The molecule has 0 aliphatic heterocycles. The van der Waals surface area contributed by atoms with Crippen LogP contribution in [0.1, 0.15) is 5.56 Å². The Balaban J connectivity index is 3.16. The Morgan fingerprint density at radius 1 is 1.56 bits per heavy atom. The number of nitriles is 1. The predicted molar refractivity (Wildman–Crippen MR) is 58.4 cm³/mol. The van der Waals surface area contributed by atoms with Crippen molar-refractivity contribution in [3.05, 3.63) is 27.8 Å². The van der Waals surface area contributed by atoms with E-state index in [0.717, 1.165) is 12.1 Å². The number of carbonyl (C=O) groups is 1. The number of nitrogens with two attached hydrogens (primary N) is 1. The molecule has 1 aromatic carbocycles. The summed E-state index contributed by atoms with van der Waals surface area (Å²) in [7, 11) is 0. The molecule has 1 aromatic rings. The zero-order chi connectivity index (χ0) is 13.9. The second-order valence-corrected chi connectivity index (χ2v) is 3.53. The Bertz CT molecular complexity index is 549. The largest absolute Gasteiger partial charge is 0.504 e. The Morgan fingerprint density at radius 2 is 2.17 bits per heavy atom. The third kappa shape index (κ3) is 2.65. The van der Waals surface area contributed by atoms with Gasteiger partial charge < -0.3 is 15.9 Å². The molecule has 8 heteroatoms. The summed E-state index contributed by atoms with van der Waals surface area (Å²) in [4.78, 5) is 20.6. The van der Waals surface area contributed by atoms with Crippen molar-refractivity contribution in [1.29, 1.82) is 5.26 Å². The topological polar surface area (TPSA) is 150 Å². The van der Waals surface area contributed by atoms with E-state index in [1.165, 1.54) is 0 Å². The van der Waals surface area contributed by atoms with Crippen LogP contribution in [0.3, 0.4) is 0 Å². The van der Waals surface area contributed by atoms with E-state index in [-0.39, 0.29) is 12.0 Å². The number of phenols is 2. The number of aromatic hydroxyl groups is 2. The number of benzene rings is 1. The first-order chi connectivity index (χ1) is 8.36. The fourth-order valence-electron chi connectivity index (χ4n) is 1.36. The maximum absolute atomic E-state index is 10.9. The number of nitro groups is 1. The molecule has 0 bridgehead atoms. The van der Waals surface area contributed by atoms with E-state index in [1.54, 1.807) is 6.07 Å². The monoisotopic (exact) mass is 251 g/mol. The molecule has 1 amide bonds. The first kappa shape index (κ1) is 13.2. The fraction of sp³-hybridized carbons (Fsp3) is 0.200. The van der Waals surface area contributed by atoms with E-state index in [2.05, 4.69) is 0 Å². The number of nitrogens with zero attached hydrogens (tertiary/aromatic N) is 2. The zero-order valence-corrected chi connectivity index (χ0v) is 9.03. The molecule has 8 nitrogen and oxygen atoms in total. The highest BCUT2D eigenvalue weighted by atomic mass is 16.6. The minimum atomic E-state index is -1.16. The second kappa shape index (κ2) is 5.01. The maximum atomic E-state index is 10.9. The molecule has 0 aromatic heterocycles.